The van der Waals surface area contributed by atoms with Crippen LogP contribution in [0.3, 0.4) is 0 Å². The number of nitrogens with zero attached hydrogens (tertiary/aromatic N) is 1. The fourth-order valence-electron chi connectivity index (χ4n) is 1.45. The van der Waals surface area contributed by atoms with Gasteiger partial charge < -0.3 is 0 Å². The van der Waals surface area contributed by atoms with E-state index in [2.05, 4.69) is 0 Å². The lowest BCUT2D eigenvalue weighted by Crippen LogP contribution is -1.97. The average Bonchev–Trinajstić information content (AvgIpc) is 2.04. The van der Waals surface area contributed by atoms with Crippen LogP contribution in [0.5, 0.6) is 0 Å². The number of hydrogen-bond acceptors (Lipinski definition) is 2. The number of rotatable bonds is 3. The van der Waals surface area contributed by atoms with Gasteiger partial charge in [-0.25, -0.2) is 0 Å². The Morgan fingerprint density at radius 2 is 2.15 bits per heavy atom. The van der Waals surface area contributed by atoms with Crippen molar-refractivity contribution in [1.29, 1.82) is 0 Å². The van der Waals surface area contributed by atoms with Crippen LogP contribution >= 0.6 is 0 Å². The predicted molar refractivity (Wildman–Crippen MR) is 51.8 cm³/mol. The molecule has 0 spiro atoms. The zero-order chi connectivity index (χ0) is 9.84. The summed E-state index contributed by atoms with van der Waals surface area (Å²) in [6.07, 6.45) is 1.71. The van der Waals surface area contributed by atoms with Crippen molar-refractivity contribution in [3.63, 3.8) is 0 Å². The molecule has 0 bridgehead atoms. The summed E-state index contributed by atoms with van der Waals surface area (Å²) in [6.45, 7) is 3.79. The molecule has 0 N–H and O–H groups in total. The van der Waals surface area contributed by atoms with Gasteiger partial charge in [0.15, 0.2) is 0 Å². The lowest BCUT2D eigenvalue weighted by Gasteiger charge is -2.02. The first-order chi connectivity index (χ1) is 6.16. The van der Waals surface area contributed by atoms with E-state index in [0.29, 0.717) is 0 Å². The van der Waals surface area contributed by atoms with Crippen LogP contribution in [0.1, 0.15) is 24.5 Å². The van der Waals surface area contributed by atoms with Crippen LogP contribution in [-0.4, -0.2) is 4.92 Å². The van der Waals surface area contributed by atoms with Gasteiger partial charge in [-0.05, 0) is 13.3 Å². The number of aryl methyl sites for hydroxylation is 2. The molecule has 0 heterocycles. The quantitative estimate of drug-likeness (QED) is 0.529. The van der Waals surface area contributed by atoms with Crippen LogP contribution < -0.4 is 0 Å². The maximum absolute atomic E-state index is 10.7. The largest absolute Gasteiger partial charge is 0.275 e. The molecule has 1 aromatic carbocycles. The fourth-order valence-corrected chi connectivity index (χ4v) is 1.45. The first-order valence-electron chi connectivity index (χ1n) is 4.39. The zero-order valence-corrected chi connectivity index (χ0v) is 7.91. The third-order valence-corrected chi connectivity index (χ3v) is 2.02. The van der Waals surface area contributed by atoms with Crippen LogP contribution in [0.2, 0.25) is 0 Å². The van der Waals surface area contributed by atoms with Crippen molar-refractivity contribution in [1.82, 2.24) is 0 Å². The van der Waals surface area contributed by atoms with Gasteiger partial charge in [-0.3, -0.25) is 10.1 Å². The van der Waals surface area contributed by atoms with E-state index in [-0.39, 0.29) is 10.6 Å². The van der Waals surface area contributed by atoms with E-state index in [1.807, 2.05) is 19.1 Å². The number of nitro benzene ring substituents is 1. The predicted octanol–water partition coefficient (Wildman–Crippen LogP) is 2.86. The van der Waals surface area contributed by atoms with Crippen molar-refractivity contribution in [2.75, 3.05) is 0 Å². The van der Waals surface area contributed by atoms with E-state index in [0.717, 1.165) is 24.0 Å². The molecule has 0 aromatic heterocycles. The molecule has 70 valence electrons. The van der Waals surface area contributed by atoms with E-state index in [1.165, 1.54) is 0 Å². The van der Waals surface area contributed by atoms with Crippen LogP contribution in [0.15, 0.2) is 18.2 Å². The Hall–Kier alpha value is -1.38. The number of benzene rings is 1. The highest BCUT2D eigenvalue weighted by atomic mass is 16.6. The second kappa shape index (κ2) is 4.03. The average molecular weight is 179 g/mol. The van der Waals surface area contributed by atoms with Crippen LogP contribution in [0, 0.1) is 17.0 Å². The maximum Gasteiger partial charge on any atom is 0.275 e. The molecule has 13 heavy (non-hydrogen) atoms. The minimum Gasteiger partial charge on any atom is -0.258 e. The summed E-state index contributed by atoms with van der Waals surface area (Å²) in [5.74, 6) is 0. The summed E-state index contributed by atoms with van der Waals surface area (Å²) in [6, 6.07) is 5.47. The van der Waals surface area contributed by atoms with Crippen molar-refractivity contribution < 1.29 is 4.92 Å². The van der Waals surface area contributed by atoms with E-state index in [1.54, 1.807) is 13.0 Å². The molecular formula is C10H13NO2. The molecule has 0 saturated carbocycles. The SMILES string of the molecule is CCCc1cccc(C)c1[N+](=O)[O-]. The summed E-state index contributed by atoms with van der Waals surface area (Å²) in [4.78, 5) is 10.4. The molecule has 0 aliphatic rings. The standard InChI is InChI=1S/C10H13NO2/c1-3-5-9-7-4-6-8(2)10(9)11(12)13/h4,6-7H,3,5H2,1-2H3. The smallest absolute Gasteiger partial charge is 0.258 e. The second-order valence-corrected chi connectivity index (χ2v) is 3.09. The highest BCUT2D eigenvalue weighted by Gasteiger charge is 2.14. The number of para-hydroxylation sites is 1. The Morgan fingerprint density at radius 1 is 1.46 bits per heavy atom. The molecule has 0 saturated heterocycles. The minimum absolute atomic E-state index is 0.282. The van der Waals surface area contributed by atoms with Gasteiger partial charge in [0.05, 0.1) is 4.92 Å². The van der Waals surface area contributed by atoms with Crippen molar-refractivity contribution >= 4 is 5.69 Å². The van der Waals surface area contributed by atoms with Gasteiger partial charge in [0.1, 0.15) is 0 Å². The molecule has 0 unspecified atom stereocenters. The maximum atomic E-state index is 10.7. The zero-order valence-electron chi connectivity index (χ0n) is 7.91. The van der Waals surface area contributed by atoms with Crippen LogP contribution in [-0.2, 0) is 6.42 Å². The molecule has 1 aromatic rings. The normalized spacial score (nSPS) is 10.0. The lowest BCUT2D eigenvalue weighted by molar-refractivity contribution is -0.386. The first kappa shape index (κ1) is 9.71. The molecule has 0 atom stereocenters. The molecule has 0 fully saturated rings. The molecule has 1 rings (SSSR count). The fraction of sp³-hybridized carbons (Fsp3) is 0.400. The Labute approximate surface area is 77.5 Å². The monoisotopic (exact) mass is 179 g/mol. The second-order valence-electron chi connectivity index (χ2n) is 3.09. The molecule has 3 heteroatoms. The topological polar surface area (TPSA) is 43.1 Å². The van der Waals surface area contributed by atoms with E-state index >= 15 is 0 Å². The van der Waals surface area contributed by atoms with E-state index in [4.69, 9.17) is 0 Å². The number of nitro groups is 1. The van der Waals surface area contributed by atoms with Crippen molar-refractivity contribution in [2.45, 2.75) is 26.7 Å². The van der Waals surface area contributed by atoms with Gasteiger partial charge in [0.25, 0.3) is 5.69 Å². The highest BCUT2D eigenvalue weighted by Crippen LogP contribution is 2.23. The Bertz CT molecular complexity index is 321. The molecule has 0 radical (unpaired) electrons. The lowest BCUT2D eigenvalue weighted by atomic mass is 10.0. The Morgan fingerprint density at radius 3 is 2.69 bits per heavy atom. The molecule has 0 amide bonds. The summed E-state index contributed by atoms with van der Waals surface area (Å²) in [5, 5.41) is 10.7. The summed E-state index contributed by atoms with van der Waals surface area (Å²) in [5.41, 5.74) is 1.87. The summed E-state index contributed by atoms with van der Waals surface area (Å²) in [7, 11) is 0. The first-order valence-corrected chi connectivity index (χ1v) is 4.39. The highest BCUT2D eigenvalue weighted by molar-refractivity contribution is 5.46. The van der Waals surface area contributed by atoms with Crippen LogP contribution in [0.25, 0.3) is 0 Å². The van der Waals surface area contributed by atoms with Crippen LogP contribution in [0.4, 0.5) is 5.69 Å². The third kappa shape index (κ3) is 2.05. The van der Waals surface area contributed by atoms with E-state index < -0.39 is 0 Å². The van der Waals surface area contributed by atoms with Gasteiger partial charge in [-0.2, -0.15) is 0 Å². The van der Waals surface area contributed by atoms with Crippen molar-refractivity contribution in [2.24, 2.45) is 0 Å². The van der Waals surface area contributed by atoms with Crippen molar-refractivity contribution in [3.8, 4) is 0 Å². The number of hydrogen-bond donors (Lipinski definition) is 0. The summed E-state index contributed by atoms with van der Waals surface area (Å²) >= 11 is 0. The Kier molecular flexibility index (Phi) is 3.01. The molecular weight excluding hydrogens is 166 g/mol. The minimum atomic E-state index is -0.291. The van der Waals surface area contributed by atoms with Gasteiger partial charge in [0.2, 0.25) is 0 Å². The molecule has 0 aliphatic carbocycles. The van der Waals surface area contributed by atoms with Crippen molar-refractivity contribution in [3.05, 3.63) is 39.4 Å². The molecule has 0 aliphatic heterocycles. The molecule has 3 nitrogen and oxygen atoms in total. The Balaban J connectivity index is 3.17. The summed E-state index contributed by atoms with van der Waals surface area (Å²) < 4.78 is 0. The van der Waals surface area contributed by atoms with Gasteiger partial charge in [-0.15, -0.1) is 0 Å². The van der Waals surface area contributed by atoms with E-state index in [9.17, 15) is 10.1 Å². The van der Waals surface area contributed by atoms with Gasteiger partial charge in [-0.1, -0.05) is 31.5 Å². The van der Waals surface area contributed by atoms with Gasteiger partial charge >= 0.3 is 0 Å². The van der Waals surface area contributed by atoms with Gasteiger partial charge in [0, 0.05) is 11.1 Å². The third-order valence-electron chi connectivity index (χ3n) is 2.02.